The number of nitrogens with two attached hydrogens (primary N) is 1. The summed E-state index contributed by atoms with van der Waals surface area (Å²) in [7, 11) is -3.77. The van der Waals surface area contributed by atoms with Gasteiger partial charge in [0, 0.05) is 25.6 Å². The van der Waals surface area contributed by atoms with Crippen LogP contribution in [0.3, 0.4) is 0 Å². The van der Waals surface area contributed by atoms with Crippen LogP contribution in [-0.2, 0) is 16.4 Å². The molecule has 1 unspecified atom stereocenters. The van der Waals surface area contributed by atoms with Crippen LogP contribution in [0.15, 0.2) is 47.9 Å². The first kappa shape index (κ1) is 19.7. The molecule has 2 aromatic rings. The number of sulfonamides is 1. The third-order valence-electron chi connectivity index (χ3n) is 4.85. The lowest BCUT2D eigenvalue weighted by atomic mass is 9.87. The topological polar surface area (TPSA) is 104 Å². The van der Waals surface area contributed by atoms with E-state index < -0.39 is 10.0 Å². The number of aromatic hydroxyl groups is 2. The maximum Gasteiger partial charge on any atom is 0.238 e. The van der Waals surface area contributed by atoms with Crippen molar-refractivity contribution in [1.29, 1.82) is 0 Å². The van der Waals surface area contributed by atoms with E-state index in [1.165, 1.54) is 18.2 Å². The van der Waals surface area contributed by atoms with Gasteiger partial charge in [-0.1, -0.05) is 29.8 Å². The molecule has 0 spiro atoms. The quantitative estimate of drug-likeness (QED) is 0.532. The van der Waals surface area contributed by atoms with Gasteiger partial charge in [-0.3, -0.25) is 4.90 Å². The van der Waals surface area contributed by atoms with Crippen molar-refractivity contribution in [2.75, 3.05) is 19.6 Å². The molecule has 1 atom stereocenters. The van der Waals surface area contributed by atoms with Crippen molar-refractivity contribution >= 4 is 21.6 Å². The molecule has 0 saturated heterocycles. The van der Waals surface area contributed by atoms with Crippen molar-refractivity contribution in [3.05, 3.63) is 64.7 Å². The molecule has 0 saturated carbocycles. The first-order chi connectivity index (χ1) is 12.7. The van der Waals surface area contributed by atoms with E-state index in [0.29, 0.717) is 26.1 Å². The molecule has 2 aromatic carbocycles. The van der Waals surface area contributed by atoms with Gasteiger partial charge in [-0.15, -0.1) is 6.58 Å². The van der Waals surface area contributed by atoms with Crippen LogP contribution in [0.4, 0.5) is 0 Å². The third-order valence-corrected chi connectivity index (χ3v) is 6.19. The maximum atomic E-state index is 11.5. The van der Waals surface area contributed by atoms with Gasteiger partial charge in [0.15, 0.2) is 11.5 Å². The van der Waals surface area contributed by atoms with E-state index in [1.807, 2.05) is 6.08 Å². The van der Waals surface area contributed by atoms with Gasteiger partial charge in [0.25, 0.3) is 0 Å². The lowest BCUT2D eigenvalue weighted by molar-refractivity contribution is 0.306. The summed E-state index contributed by atoms with van der Waals surface area (Å²) >= 11 is 6.31. The summed E-state index contributed by atoms with van der Waals surface area (Å²) < 4.78 is 23.0. The zero-order chi connectivity index (χ0) is 19.8. The Hall–Kier alpha value is -2.06. The van der Waals surface area contributed by atoms with Gasteiger partial charge >= 0.3 is 0 Å². The Balaban J connectivity index is 2.12. The highest BCUT2D eigenvalue weighted by atomic mass is 35.5. The minimum atomic E-state index is -3.77. The second-order valence-corrected chi connectivity index (χ2v) is 8.53. The van der Waals surface area contributed by atoms with Crippen molar-refractivity contribution < 1.29 is 18.6 Å². The molecular weight excluding hydrogens is 388 g/mol. The molecule has 4 N–H and O–H groups in total. The third kappa shape index (κ3) is 3.96. The van der Waals surface area contributed by atoms with Crippen LogP contribution in [0.1, 0.15) is 22.6 Å². The van der Waals surface area contributed by atoms with E-state index in [-0.39, 0.29) is 27.3 Å². The fourth-order valence-corrected chi connectivity index (χ4v) is 4.31. The lowest BCUT2D eigenvalue weighted by Crippen LogP contribution is -2.29. The van der Waals surface area contributed by atoms with E-state index >= 15 is 0 Å². The largest absolute Gasteiger partial charge is 0.504 e. The van der Waals surface area contributed by atoms with Gasteiger partial charge in [-0.25, -0.2) is 13.6 Å². The van der Waals surface area contributed by atoms with Crippen LogP contribution >= 0.6 is 11.6 Å². The van der Waals surface area contributed by atoms with Crippen LogP contribution in [0, 0.1) is 0 Å². The van der Waals surface area contributed by atoms with Gasteiger partial charge in [0.2, 0.25) is 10.0 Å². The Labute approximate surface area is 163 Å². The Morgan fingerprint density at radius 3 is 2.56 bits per heavy atom. The molecule has 3 rings (SSSR count). The number of nitrogens with zero attached hydrogens (tertiary/aromatic N) is 1. The first-order valence-corrected chi connectivity index (χ1v) is 10.3. The number of hydrogen-bond acceptors (Lipinski definition) is 5. The molecule has 0 aromatic heterocycles. The highest BCUT2D eigenvalue weighted by Crippen LogP contribution is 2.43. The molecule has 1 aliphatic heterocycles. The molecular formula is C19H21ClN2O4S. The molecule has 1 aliphatic rings. The molecule has 8 heteroatoms. The molecule has 0 aliphatic carbocycles. The average molecular weight is 409 g/mol. The van der Waals surface area contributed by atoms with Crippen LogP contribution in [0.5, 0.6) is 11.5 Å². The minimum absolute atomic E-state index is 0.0367. The van der Waals surface area contributed by atoms with Crippen molar-refractivity contribution in [2.45, 2.75) is 17.2 Å². The number of hydrogen-bond donors (Lipinski definition) is 3. The van der Waals surface area contributed by atoms with Gasteiger partial charge in [0.05, 0.1) is 9.92 Å². The standard InChI is InChI=1S/C19H21ClN2O4S/c1-2-8-22-9-7-14-15(10-17(23)19(24)18(14)20)16(11-22)12-3-5-13(6-4-12)27(21,25)26/h2-6,10,16,23-24H,1,7-9,11H2,(H2,21,25,26). The van der Waals surface area contributed by atoms with Crippen LogP contribution in [-0.4, -0.2) is 43.2 Å². The zero-order valence-corrected chi connectivity index (χ0v) is 16.2. The summed E-state index contributed by atoms with van der Waals surface area (Å²) in [4.78, 5) is 2.23. The van der Waals surface area contributed by atoms with Gasteiger partial charge in [0.1, 0.15) is 0 Å². The Morgan fingerprint density at radius 2 is 1.96 bits per heavy atom. The number of halogens is 1. The van der Waals surface area contributed by atoms with Crippen LogP contribution < -0.4 is 5.14 Å². The van der Waals surface area contributed by atoms with Gasteiger partial charge in [-0.05, 0) is 41.3 Å². The number of rotatable bonds is 4. The summed E-state index contributed by atoms with van der Waals surface area (Å²) in [6.45, 7) is 5.81. The second kappa shape index (κ2) is 7.52. The normalized spacial score (nSPS) is 17.9. The highest BCUT2D eigenvalue weighted by molar-refractivity contribution is 7.89. The van der Waals surface area contributed by atoms with E-state index in [1.54, 1.807) is 12.1 Å². The van der Waals surface area contributed by atoms with Crippen LogP contribution in [0.25, 0.3) is 0 Å². The molecule has 0 fully saturated rings. The fourth-order valence-electron chi connectivity index (χ4n) is 3.49. The number of benzene rings is 2. The highest BCUT2D eigenvalue weighted by Gasteiger charge is 2.28. The van der Waals surface area contributed by atoms with E-state index in [2.05, 4.69) is 11.5 Å². The molecule has 6 nitrogen and oxygen atoms in total. The smallest absolute Gasteiger partial charge is 0.238 e. The summed E-state index contributed by atoms with van der Waals surface area (Å²) in [5.74, 6) is -0.765. The Kier molecular flexibility index (Phi) is 5.48. The SMILES string of the molecule is C=CCN1CCc2c(cc(O)c(O)c2Cl)C(c2ccc(S(N)(=O)=O)cc2)C1. The summed E-state index contributed by atoms with van der Waals surface area (Å²) in [6.07, 6.45) is 2.43. The number of primary sulfonamides is 1. The maximum absolute atomic E-state index is 11.5. The monoisotopic (exact) mass is 408 g/mol. The molecule has 0 amide bonds. The Morgan fingerprint density at radius 1 is 1.30 bits per heavy atom. The first-order valence-electron chi connectivity index (χ1n) is 8.41. The number of phenols is 2. The van der Waals surface area contributed by atoms with E-state index in [4.69, 9.17) is 16.7 Å². The second-order valence-electron chi connectivity index (χ2n) is 6.59. The number of fused-ring (bicyclic) bond motifs is 1. The van der Waals surface area contributed by atoms with E-state index in [9.17, 15) is 18.6 Å². The minimum Gasteiger partial charge on any atom is -0.504 e. The summed E-state index contributed by atoms with van der Waals surface area (Å²) in [5, 5.41) is 25.4. The fraction of sp³-hybridized carbons (Fsp3) is 0.263. The van der Waals surface area contributed by atoms with Crippen molar-refractivity contribution in [3.63, 3.8) is 0 Å². The Bertz CT molecular complexity index is 974. The number of phenolic OH excluding ortho intramolecular Hbond substituents is 2. The zero-order valence-electron chi connectivity index (χ0n) is 14.6. The average Bonchev–Trinajstić information content (AvgIpc) is 2.79. The summed E-state index contributed by atoms with van der Waals surface area (Å²) in [5.41, 5.74) is 2.45. The predicted octanol–water partition coefficient (Wildman–Crippen LogP) is 2.57. The van der Waals surface area contributed by atoms with E-state index in [0.717, 1.165) is 16.7 Å². The van der Waals surface area contributed by atoms with Crippen LogP contribution in [0.2, 0.25) is 5.02 Å². The van der Waals surface area contributed by atoms with Crippen molar-refractivity contribution in [3.8, 4) is 11.5 Å². The van der Waals surface area contributed by atoms with Crippen molar-refractivity contribution in [2.24, 2.45) is 5.14 Å². The van der Waals surface area contributed by atoms with Gasteiger partial charge < -0.3 is 10.2 Å². The molecule has 144 valence electrons. The lowest BCUT2D eigenvalue weighted by Gasteiger charge is -2.24. The summed E-state index contributed by atoms with van der Waals surface area (Å²) in [6, 6.07) is 7.89. The molecule has 1 heterocycles. The molecule has 0 radical (unpaired) electrons. The van der Waals surface area contributed by atoms with Gasteiger partial charge in [-0.2, -0.15) is 0 Å². The molecule has 0 bridgehead atoms. The molecule has 27 heavy (non-hydrogen) atoms. The predicted molar refractivity (Wildman–Crippen MR) is 105 cm³/mol. The van der Waals surface area contributed by atoms with Crippen molar-refractivity contribution in [1.82, 2.24) is 4.90 Å².